The van der Waals surface area contributed by atoms with Gasteiger partial charge in [0.05, 0.1) is 6.21 Å². The molecule has 0 spiro atoms. The molecular weight excluding hydrogens is 188 g/mol. The molecule has 15 heavy (non-hydrogen) atoms. The summed E-state index contributed by atoms with van der Waals surface area (Å²) in [5, 5.41) is 13.3. The summed E-state index contributed by atoms with van der Waals surface area (Å²) in [5.74, 6) is 0.268. The van der Waals surface area contributed by atoms with Crippen LogP contribution in [-0.4, -0.2) is 17.9 Å². The van der Waals surface area contributed by atoms with E-state index >= 15 is 0 Å². The Hall–Kier alpha value is -1.51. The lowest BCUT2D eigenvalue weighted by molar-refractivity contribution is 0.475. The van der Waals surface area contributed by atoms with Gasteiger partial charge >= 0.3 is 0 Å². The molecule has 1 aromatic carbocycles. The summed E-state index contributed by atoms with van der Waals surface area (Å²) < 4.78 is 0. The second-order valence-electron chi connectivity index (χ2n) is 3.47. The quantitative estimate of drug-likeness (QED) is 0.427. The Morgan fingerprint density at radius 2 is 2.27 bits per heavy atom. The second kappa shape index (κ2) is 6.87. The first-order chi connectivity index (χ1) is 7.33. The van der Waals surface area contributed by atoms with Crippen LogP contribution in [0.4, 0.5) is 0 Å². The predicted molar refractivity (Wildman–Crippen MR) is 63.2 cm³/mol. The maximum Gasteiger partial charge on any atom is 0.116 e. The maximum atomic E-state index is 9.20. The molecule has 0 radical (unpaired) electrons. The fraction of sp³-hybridized carbons (Fsp3) is 0.417. The van der Waals surface area contributed by atoms with Gasteiger partial charge in [-0.15, -0.1) is 0 Å². The molecule has 0 aliphatic heterocycles. The van der Waals surface area contributed by atoms with Gasteiger partial charge in [0.25, 0.3) is 0 Å². The number of unbranched alkanes of at least 4 members (excludes halogenated alkanes) is 2. The molecule has 3 heteroatoms. The number of hydrazone groups is 1. The molecule has 1 aromatic rings. The highest BCUT2D eigenvalue weighted by molar-refractivity contribution is 5.79. The van der Waals surface area contributed by atoms with Crippen molar-refractivity contribution in [3.8, 4) is 5.75 Å². The van der Waals surface area contributed by atoms with Crippen molar-refractivity contribution in [1.82, 2.24) is 5.43 Å². The second-order valence-corrected chi connectivity index (χ2v) is 3.47. The van der Waals surface area contributed by atoms with E-state index in [1.54, 1.807) is 24.4 Å². The molecule has 0 saturated carbocycles. The van der Waals surface area contributed by atoms with Gasteiger partial charge in [-0.05, 0) is 24.1 Å². The Balaban J connectivity index is 2.26. The average molecular weight is 206 g/mol. The van der Waals surface area contributed by atoms with Crippen molar-refractivity contribution in [1.29, 1.82) is 0 Å². The average Bonchev–Trinajstić information content (AvgIpc) is 2.23. The highest BCUT2D eigenvalue weighted by Gasteiger charge is 1.89. The Labute approximate surface area is 90.8 Å². The van der Waals surface area contributed by atoms with E-state index in [4.69, 9.17) is 0 Å². The minimum atomic E-state index is 0.268. The van der Waals surface area contributed by atoms with E-state index in [9.17, 15) is 5.11 Å². The lowest BCUT2D eigenvalue weighted by atomic mass is 10.2. The van der Waals surface area contributed by atoms with Crippen LogP contribution in [0.5, 0.6) is 5.75 Å². The summed E-state index contributed by atoms with van der Waals surface area (Å²) in [6.07, 6.45) is 5.31. The molecule has 0 aliphatic rings. The van der Waals surface area contributed by atoms with E-state index in [1.807, 2.05) is 6.07 Å². The van der Waals surface area contributed by atoms with Crippen molar-refractivity contribution in [2.75, 3.05) is 6.54 Å². The van der Waals surface area contributed by atoms with Gasteiger partial charge in [0, 0.05) is 6.54 Å². The molecule has 0 aromatic heterocycles. The largest absolute Gasteiger partial charge is 0.508 e. The van der Waals surface area contributed by atoms with E-state index < -0.39 is 0 Å². The van der Waals surface area contributed by atoms with Crippen LogP contribution < -0.4 is 5.43 Å². The number of nitrogens with one attached hydrogen (secondary N) is 1. The van der Waals surface area contributed by atoms with Crippen LogP contribution in [0.3, 0.4) is 0 Å². The predicted octanol–water partition coefficient (Wildman–Crippen LogP) is 2.51. The molecular formula is C12H18N2O. The van der Waals surface area contributed by atoms with Gasteiger partial charge < -0.3 is 10.5 Å². The zero-order valence-corrected chi connectivity index (χ0v) is 9.11. The molecule has 0 aliphatic carbocycles. The SMILES string of the molecule is CCCCCNN=Cc1cccc(O)c1. The Morgan fingerprint density at radius 1 is 1.40 bits per heavy atom. The molecule has 0 saturated heterocycles. The van der Waals surface area contributed by atoms with E-state index in [2.05, 4.69) is 17.5 Å². The Kier molecular flexibility index (Phi) is 5.30. The van der Waals surface area contributed by atoms with Gasteiger partial charge in [-0.1, -0.05) is 31.9 Å². The third kappa shape index (κ3) is 5.05. The molecule has 0 bridgehead atoms. The van der Waals surface area contributed by atoms with Crippen LogP contribution in [-0.2, 0) is 0 Å². The molecule has 3 nitrogen and oxygen atoms in total. The zero-order chi connectivity index (χ0) is 10.9. The van der Waals surface area contributed by atoms with Crippen LogP contribution in [0.25, 0.3) is 0 Å². The van der Waals surface area contributed by atoms with Gasteiger partial charge in [0.15, 0.2) is 0 Å². The van der Waals surface area contributed by atoms with Gasteiger partial charge in [0.1, 0.15) is 5.75 Å². The van der Waals surface area contributed by atoms with Crippen molar-refractivity contribution in [2.45, 2.75) is 26.2 Å². The van der Waals surface area contributed by atoms with Crippen molar-refractivity contribution >= 4 is 6.21 Å². The monoisotopic (exact) mass is 206 g/mol. The Morgan fingerprint density at radius 3 is 3.00 bits per heavy atom. The molecule has 0 fully saturated rings. The number of benzene rings is 1. The molecule has 0 amide bonds. The van der Waals surface area contributed by atoms with Gasteiger partial charge in [-0.2, -0.15) is 5.10 Å². The molecule has 0 atom stereocenters. The number of phenols is 1. The lowest BCUT2D eigenvalue weighted by Gasteiger charge is -1.98. The van der Waals surface area contributed by atoms with Gasteiger partial charge in [0.2, 0.25) is 0 Å². The van der Waals surface area contributed by atoms with Crippen molar-refractivity contribution in [3.63, 3.8) is 0 Å². The summed E-state index contributed by atoms with van der Waals surface area (Å²) in [4.78, 5) is 0. The summed E-state index contributed by atoms with van der Waals surface area (Å²) >= 11 is 0. The first-order valence-corrected chi connectivity index (χ1v) is 5.38. The van der Waals surface area contributed by atoms with Crippen molar-refractivity contribution < 1.29 is 5.11 Å². The molecule has 2 N–H and O–H groups in total. The van der Waals surface area contributed by atoms with Crippen molar-refractivity contribution in [3.05, 3.63) is 29.8 Å². The van der Waals surface area contributed by atoms with E-state index in [0.29, 0.717) is 0 Å². The third-order valence-electron chi connectivity index (χ3n) is 2.07. The van der Waals surface area contributed by atoms with E-state index in [1.165, 1.54) is 12.8 Å². The highest BCUT2D eigenvalue weighted by Crippen LogP contribution is 2.08. The summed E-state index contributed by atoms with van der Waals surface area (Å²) in [6, 6.07) is 7.02. The highest BCUT2D eigenvalue weighted by atomic mass is 16.3. The number of aromatic hydroxyl groups is 1. The van der Waals surface area contributed by atoms with Crippen LogP contribution in [0.2, 0.25) is 0 Å². The lowest BCUT2D eigenvalue weighted by Crippen LogP contribution is -2.07. The van der Waals surface area contributed by atoms with Crippen molar-refractivity contribution in [2.24, 2.45) is 5.10 Å². The van der Waals surface area contributed by atoms with Gasteiger partial charge in [-0.3, -0.25) is 0 Å². The van der Waals surface area contributed by atoms with Crippen LogP contribution >= 0.6 is 0 Å². The molecule has 0 heterocycles. The summed E-state index contributed by atoms with van der Waals surface area (Å²) in [6.45, 7) is 3.08. The number of hydrogen-bond donors (Lipinski definition) is 2. The normalized spacial score (nSPS) is 10.7. The minimum Gasteiger partial charge on any atom is -0.508 e. The van der Waals surface area contributed by atoms with E-state index in [0.717, 1.165) is 18.5 Å². The zero-order valence-electron chi connectivity index (χ0n) is 9.11. The number of rotatable bonds is 6. The molecule has 1 rings (SSSR count). The summed E-state index contributed by atoms with van der Waals surface area (Å²) in [7, 11) is 0. The maximum absolute atomic E-state index is 9.20. The molecule has 0 unspecified atom stereocenters. The van der Waals surface area contributed by atoms with Crippen LogP contribution in [0.1, 0.15) is 31.7 Å². The fourth-order valence-corrected chi connectivity index (χ4v) is 1.24. The summed E-state index contributed by atoms with van der Waals surface area (Å²) in [5.41, 5.74) is 3.88. The van der Waals surface area contributed by atoms with E-state index in [-0.39, 0.29) is 5.75 Å². The number of phenolic OH excluding ortho intramolecular Hbond substituents is 1. The number of hydrogen-bond acceptors (Lipinski definition) is 3. The smallest absolute Gasteiger partial charge is 0.116 e. The van der Waals surface area contributed by atoms with Crippen LogP contribution in [0, 0.1) is 0 Å². The Bertz CT molecular complexity index is 310. The topological polar surface area (TPSA) is 44.6 Å². The van der Waals surface area contributed by atoms with Gasteiger partial charge in [-0.25, -0.2) is 0 Å². The first-order valence-electron chi connectivity index (χ1n) is 5.38. The standard InChI is InChI=1S/C12H18N2O/c1-2-3-4-8-13-14-10-11-6-5-7-12(15)9-11/h5-7,9-10,13,15H,2-4,8H2,1H3. The van der Waals surface area contributed by atoms with Crippen LogP contribution in [0.15, 0.2) is 29.4 Å². The first kappa shape index (κ1) is 11.6. The third-order valence-corrected chi connectivity index (χ3v) is 2.07. The fourth-order valence-electron chi connectivity index (χ4n) is 1.24. The minimum absolute atomic E-state index is 0.268. The number of nitrogens with zero attached hydrogens (tertiary/aromatic N) is 1. The molecule has 82 valence electrons.